The highest BCUT2D eigenvalue weighted by Crippen LogP contribution is 2.26. The third kappa shape index (κ3) is 2.91. The predicted octanol–water partition coefficient (Wildman–Crippen LogP) is 2.67. The zero-order valence-corrected chi connectivity index (χ0v) is 10.4. The van der Waals surface area contributed by atoms with E-state index in [1.54, 1.807) is 31.8 Å². The van der Waals surface area contributed by atoms with E-state index in [0.29, 0.717) is 5.82 Å². The van der Waals surface area contributed by atoms with Crippen molar-refractivity contribution in [2.24, 2.45) is 4.99 Å². The van der Waals surface area contributed by atoms with Gasteiger partial charge in [-0.05, 0) is 19.1 Å². The number of hydrogen-bond donors (Lipinski definition) is 0. The summed E-state index contributed by atoms with van der Waals surface area (Å²) in [7, 11) is 1.66. The van der Waals surface area contributed by atoms with E-state index in [4.69, 9.17) is 4.74 Å². The fourth-order valence-corrected chi connectivity index (χ4v) is 1.65. The van der Waals surface area contributed by atoms with E-state index < -0.39 is 0 Å². The quantitative estimate of drug-likeness (QED) is 0.773. The van der Waals surface area contributed by atoms with E-state index in [0.717, 1.165) is 11.3 Å². The molecule has 2 rings (SSSR count). The number of nitrogens with zero attached hydrogens (tertiary/aromatic N) is 3. The van der Waals surface area contributed by atoms with Crippen LogP contribution in [-0.2, 0) is 0 Å². The summed E-state index contributed by atoms with van der Waals surface area (Å²) in [6, 6.07) is 9.64. The number of hydrogen-bond acceptors (Lipinski definition) is 4. The van der Waals surface area contributed by atoms with Crippen molar-refractivity contribution in [2.45, 2.75) is 13.0 Å². The van der Waals surface area contributed by atoms with Crippen molar-refractivity contribution >= 4 is 6.21 Å². The van der Waals surface area contributed by atoms with Crippen molar-refractivity contribution in [2.75, 3.05) is 7.11 Å². The van der Waals surface area contributed by atoms with Crippen LogP contribution in [0.15, 0.2) is 47.7 Å². The Hall–Kier alpha value is -2.23. The average Bonchev–Trinajstić information content (AvgIpc) is 2.45. The lowest BCUT2D eigenvalue weighted by molar-refractivity contribution is 0.407. The van der Waals surface area contributed by atoms with Crippen LogP contribution < -0.4 is 4.74 Å². The average molecular weight is 241 g/mol. The van der Waals surface area contributed by atoms with E-state index in [2.05, 4.69) is 15.0 Å². The van der Waals surface area contributed by atoms with E-state index in [1.807, 2.05) is 31.2 Å². The molecule has 1 atom stereocenters. The molecule has 2 aromatic rings. The summed E-state index contributed by atoms with van der Waals surface area (Å²) in [5.74, 6) is 1.45. The van der Waals surface area contributed by atoms with Crippen molar-refractivity contribution in [3.05, 3.63) is 54.1 Å². The third-order valence-corrected chi connectivity index (χ3v) is 2.59. The normalized spacial score (nSPS) is 12.6. The molecule has 0 radical (unpaired) electrons. The number of ether oxygens (including phenoxy) is 1. The monoisotopic (exact) mass is 241 g/mol. The molecule has 18 heavy (non-hydrogen) atoms. The van der Waals surface area contributed by atoms with Gasteiger partial charge in [0.25, 0.3) is 0 Å². The Kier molecular flexibility index (Phi) is 4.02. The molecule has 0 bridgehead atoms. The Morgan fingerprint density at radius 2 is 1.89 bits per heavy atom. The Morgan fingerprint density at radius 3 is 2.61 bits per heavy atom. The van der Waals surface area contributed by atoms with Gasteiger partial charge in [0, 0.05) is 18.0 Å². The molecule has 0 saturated heterocycles. The lowest BCUT2D eigenvalue weighted by Gasteiger charge is -2.11. The molecule has 0 spiro atoms. The first-order valence-electron chi connectivity index (χ1n) is 5.74. The zero-order chi connectivity index (χ0) is 12.8. The van der Waals surface area contributed by atoms with Gasteiger partial charge in [-0.3, -0.25) is 4.99 Å². The van der Waals surface area contributed by atoms with Gasteiger partial charge in [-0.2, -0.15) is 0 Å². The van der Waals surface area contributed by atoms with Gasteiger partial charge in [0.1, 0.15) is 5.75 Å². The number of methoxy groups -OCH3 is 1. The smallest absolute Gasteiger partial charge is 0.170 e. The Balaban J connectivity index is 2.17. The molecule has 4 heteroatoms. The Bertz CT molecular complexity index is 526. The summed E-state index contributed by atoms with van der Waals surface area (Å²) in [5.41, 5.74) is 1.05. The van der Waals surface area contributed by atoms with Crippen LogP contribution in [0.2, 0.25) is 0 Å². The van der Waals surface area contributed by atoms with E-state index in [9.17, 15) is 0 Å². The molecule has 0 aliphatic carbocycles. The van der Waals surface area contributed by atoms with Crippen LogP contribution in [0.25, 0.3) is 0 Å². The van der Waals surface area contributed by atoms with Gasteiger partial charge < -0.3 is 4.74 Å². The molecule has 1 heterocycles. The SMILES string of the molecule is COc1ccccc1C(C)N=Cc1ncccn1. The van der Waals surface area contributed by atoms with Crippen molar-refractivity contribution in [3.8, 4) is 5.75 Å². The molecular formula is C14H15N3O. The van der Waals surface area contributed by atoms with Crippen LogP contribution in [0.3, 0.4) is 0 Å². The Morgan fingerprint density at radius 1 is 1.17 bits per heavy atom. The summed E-state index contributed by atoms with van der Waals surface area (Å²) in [6.07, 6.45) is 5.07. The first-order chi connectivity index (χ1) is 8.81. The topological polar surface area (TPSA) is 47.4 Å². The minimum Gasteiger partial charge on any atom is -0.496 e. The maximum atomic E-state index is 5.31. The van der Waals surface area contributed by atoms with Gasteiger partial charge in [0.15, 0.2) is 5.82 Å². The summed E-state index contributed by atoms with van der Waals surface area (Å²) in [6.45, 7) is 2.01. The summed E-state index contributed by atoms with van der Waals surface area (Å²) in [4.78, 5) is 12.6. The molecule has 4 nitrogen and oxygen atoms in total. The van der Waals surface area contributed by atoms with Crippen LogP contribution in [0.5, 0.6) is 5.75 Å². The fraction of sp³-hybridized carbons (Fsp3) is 0.214. The zero-order valence-electron chi connectivity index (χ0n) is 10.4. The van der Waals surface area contributed by atoms with Crippen LogP contribution in [0.4, 0.5) is 0 Å². The standard InChI is InChI=1S/C14H15N3O/c1-11(12-6-3-4-7-13(12)18-2)17-10-14-15-8-5-9-16-14/h3-11H,1-2H3. The van der Waals surface area contributed by atoms with Gasteiger partial charge in [0.05, 0.1) is 19.4 Å². The van der Waals surface area contributed by atoms with Crippen molar-refractivity contribution in [1.82, 2.24) is 9.97 Å². The van der Waals surface area contributed by atoms with Gasteiger partial charge in [-0.15, -0.1) is 0 Å². The largest absolute Gasteiger partial charge is 0.496 e. The minimum atomic E-state index is 0.00459. The maximum Gasteiger partial charge on any atom is 0.170 e. The molecule has 0 N–H and O–H groups in total. The summed E-state index contributed by atoms with van der Waals surface area (Å²) < 4.78 is 5.31. The van der Waals surface area contributed by atoms with Crippen molar-refractivity contribution in [1.29, 1.82) is 0 Å². The van der Waals surface area contributed by atoms with Crippen molar-refractivity contribution < 1.29 is 4.74 Å². The first-order valence-corrected chi connectivity index (χ1v) is 5.74. The fourth-order valence-electron chi connectivity index (χ4n) is 1.65. The van der Waals surface area contributed by atoms with Crippen LogP contribution in [-0.4, -0.2) is 23.3 Å². The highest BCUT2D eigenvalue weighted by Gasteiger charge is 2.08. The molecule has 1 aromatic heterocycles. The van der Waals surface area contributed by atoms with Gasteiger partial charge in [-0.1, -0.05) is 18.2 Å². The number of aromatic nitrogens is 2. The highest BCUT2D eigenvalue weighted by molar-refractivity contribution is 5.74. The van der Waals surface area contributed by atoms with Crippen LogP contribution >= 0.6 is 0 Å². The molecule has 0 fully saturated rings. The van der Waals surface area contributed by atoms with E-state index >= 15 is 0 Å². The molecule has 1 aromatic carbocycles. The lowest BCUT2D eigenvalue weighted by atomic mass is 10.1. The van der Waals surface area contributed by atoms with Gasteiger partial charge in [-0.25, -0.2) is 9.97 Å². The number of aliphatic imine (C=N–C) groups is 1. The number of para-hydroxylation sites is 1. The lowest BCUT2D eigenvalue weighted by Crippen LogP contribution is -1.97. The first kappa shape index (κ1) is 12.2. The summed E-state index contributed by atoms with van der Waals surface area (Å²) in [5, 5.41) is 0. The second-order valence-corrected chi connectivity index (χ2v) is 3.80. The van der Waals surface area contributed by atoms with E-state index in [-0.39, 0.29) is 6.04 Å². The van der Waals surface area contributed by atoms with Crippen LogP contribution in [0, 0.1) is 0 Å². The third-order valence-electron chi connectivity index (χ3n) is 2.59. The summed E-state index contributed by atoms with van der Waals surface area (Å²) >= 11 is 0. The minimum absolute atomic E-state index is 0.00459. The molecule has 0 aliphatic rings. The van der Waals surface area contributed by atoms with Crippen LogP contribution in [0.1, 0.15) is 24.4 Å². The number of rotatable bonds is 4. The second-order valence-electron chi connectivity index (χ2n) is 3.80. The van der Waals surface area contributed by atoms with Gasteiger partial charge in [0.2, 0.25) is 0 Å². The number of benzene rings is 1. The molecule has 92 valence electrons. The van der Waals surface area contributed by atoms with Gasteiger partial charge >= 0.3 is 0 Å². The second kappa shape index (κ2) is 5.91. The molecule has 0 amide bonds. The van der Waals surface area contributed by atoms with Crippen molar-refractivity contribution in [3.63, 3.8) is 0 Å². The molecular weight excluding hydrogens is 226 g/mol. The molecule has 0 saturated carbocycles. The molecule has 1 unspecified atom stereocenters. The molecule has 0 aliphatic heterocycles. The Labute approximate surface area is 106 Å². The maximum absolute atomic E-state index is 5.31. The van der Waals surface area contributed by atoms with E-state index in [1.165, 1.54) is 0 Å². The highest BCUT2D eigenvalue weighted by atomic mass is 16.5. The predicted molar refractivity (Wildman–Crippen MR) is 71.0 cm³/mol.